The van der Waals surface area contributed by atoms with Crippen molar-refractivity contribution in [1.29, 1.82) is 0 Å². The molecule has 0 saturated carbocycles. The third-order valence-electron chi connectivity index (χ3n) is 8.59. The van der Waals surface area contributed by atoms with Crippen molar-refractivity contribution in [3.05, 3.63) is 72.3 Å². The smallest absolute Gasteiger partial charge is 0.408 e. The number of carbonyl (C=O) groups is 1. The Balaban J connectivity index is 1.24. The molecule has 4 aromatic rings. The van der Waals surface area contributed by atoms with Crippen LogP contribution in [0, 0.1) is 11.2 Å². The topological polar surface area (TPSA) is 110 Å². The van der Waals surface area contributed by atoms with E-state index < -0.39 is 17.0 Å². The minimum Gasteiger partial charge on any atom is -0.465 e. The number of aromatic amines is 2. The molecule has 2 aliphatic rings. The van der Waals surface area contributed by atoms with Crippen molar-refractivity contribution in [3.63, 3.8) is 0 Å². The molecule has 0 unspecified atom stereocenters. The summed E-state index contributed by atoms with van der Waals surface area (Å²) in [5.74, 6) is 1.15. The van der Waals surface area contributed by atoms with Gasteiger partial charge in [0.2, 0.25) is 0 Å². The second kappa shape index (κ2) is 9.89. The Morgan fingerprint density at radius 3 is 2.40 bits per heavy atom. The van der Waals surface area contributed by atoms with Gasteiger partial charge in [-0.3, -0.25) is 4.90 Å². The number of nitrogens with zero attached hydrogens (tertiary/aromatic N) is 3. The zero-order valence-corrected chi connectivity index (χ0v) is 23.1. The minimum atomic E-state index is -0.967. The summed E-state index contributed by atoms with van der Waals surface area (Å²) >= 11 is 0. The molecule has 6 rings (SSSR count). The molecule has 9 heteroatoms. The molecule has 2 aliphatic heterocycles. The second-order valence-electron chi connectivity index (χ2n) is 11.9. The minimum absolute atomic E-state index is 0.286. The van der Waals surface area contributed by atoms with Crippen LogP contribution in [0.2, 0.25) is 0 Å². The van der Waals surface area contributed by atoms with E-state index in [9.17, 15) is 9.90 Å². The van der Waals surface area contributed by atoms with Crippen LogP contribution in [0.5, 0.6) is 0 Å². The van der Waals surface area contributed by atoms with E-state index in [1.54, 1.807) is 12.3 Å². The van der Waals surface area contributed by atoms with Crippen LogP contribution < -0.4 is 5.32 Å². The Bertz CT molecular complexity index is 1530. The summed E-state index contributed by atoms with van der Waals surface area (Å²) in [6, 6.07) is 13.5. The van der Waals surface area contributed by atoms with E-state index in [0.717, 1.165) is 54.0 Å². The number of aromatic nitrogens is 4. The zero-order valence-electron chi connectivity index (χ0n) is 23.1. The van der Waals surface area contributed by atoms with Crippen molar-refractivity contribution in [2.75, 3.05) is 13.1 Å². The van der Waals surface area contributed by atoms with Gasteiger partial charge in [0.1, 0.15) is 23.0 Å². The summed E-state index contributed by atoms with van der Waals surface area (Å²) in [7, 11) is 0. The van der Waals surface area contributed by atoms with Crippen molar-refractivity contribution < 1.29 is 14.3 Å². The maximum Gasteiger partial charge on any atom is 0.408 e. The summed E-state index contributed by atoms with van der Waals surface area (Å²) in [6.07, 6.45) is 6.16. The van der Waals surface area contributed by atoms with E-state index in [0.29, 0.717) is 30.0 Å². The molecule has 4 N–H and O–H groups in total. The first-order chi connectivity index (χ1) is 19.2. The second-order valence-corrected chi connectivity index (χ2v) is 11.9. The number of halogens is 1. The highest BCUT2D eigenvalue weighted by molar-refractivity contribution is 5.72. The Morgan fingerprint density at radius 1 is 1.00 bits per heavy atom. The van der Waals surface area contributed by atoms with Crippen molar-refractivity contribution in [2.24, 2.45) is 5.41 Å². The largest absolute Gasteiger partial charge is 0.465 e. The predicted octanol–water partition coefficient (Wildman–Crippen LogP) is 6.71. The standard InChI is InChI=1S/C31H35FN6O2/c1-30(2,3)31(13-5-15-38(31)29(39)40)28-35-18-26(37-28)22-12-11-21(16-23(22)32)19-7-9-20(10-8-19)25-17-34-27(36-25)24-6-4-14-33-24/h7-12,16-18,24,33H,4-6,13-15H2,1-3H3,(H,34,36)(H,35,37)(H,39,40)/t24-,31+/m0/s1. The average Bonchev–Trinajstić information content (AvgIpc) is 3.74. The van der Waals surface area contributed by atoms with E-state index in [2.05, 4.69) is 25.3 Å². The lowest BCUT2D eigenvalue weighted by Gasteiger charge is -2.45. The van der Waals surface area contributed by atoms with Crippen LogP contribution in [-0.4, -0.2) is 49.1 Å². The Hall–Kier alpha value is -3.98. The van der Waals surface area contributed by atoms with Crippen LogP contribution in [0.3, 0.4) is 0 Å². The van der Waals surface area contributed by atoms with Gasteiger partial charge in [-0.2, -0.15) is 0 Å². The molecule has 8 nitrogen and oxygen atoms in total. The van der Waals surface area contributed by atoms with Gasteiger partial charge < -0.3 is 20.4 Å². The molecule has 2 atom stereocenters. The summed E-state index contributed by atoms with van der Waals surface area (Å²) < 4.78 is 15.5. The highest BCUT2D eigenvalue weighted by Gasteiger charge is 2.55. The Kier molecular flexibility index (Phi) is 6.49. The number of likely N-dealkylation sites (tertiary alicyclic amines) is 1. The van der Waals surface area contributed by atoms with Crippen LogP contribution in [0.4, 0.5) is 9.18 Å². The first-order valence-corrected chi connectivity index (χ1v) is 13.9. The first-order valence-electron chi connectivity index (χ1n) is 13.9. The van der Waals surface area contributed by atoms with Crippen molar-refractivity contribution in [1.82, 2.24) is 30.2 Å². The van der Waals surface area contributed by atoms with E-state index in [1.807, 2.05) is 57.3 Å². The molecule has 0 radical (unpaired) electrons. The number of hydrogen-bond acceptors (Lipinski definition) is 4. The van der Waals surface area contributed by atoms with Gasteiger partial charge in [-0.25, -0.2) is 19.2 Å². The molecule has 2 aromatic carbocycles. The van der Waals surface area contributed by atoms with E-state index >= 15 is 4.39 Å². The molecule has 0 spiro atoms. The maximum atomic E-state index is 15.5. The number of carboxylic acid groups (broad SMARTS) is 1. The lowest BCUT2D eigenvalue weighted by atomic mass is 9.71. The predicted molar refractivity (Wildman–Crippen MR) is 152 cm³/mol. The highest BCUT2D eigenvalue weighted by atomic mass is 19.1. The van der Waals surface area contributed by atoms with Crippen molar-refractivity contribution in [2.45, 2.75) is 58.0 Å². The van der Waals surface area contributed by atoms with Gasteiger partial charge in [0.05, 0.1) is 29.8 Å². The number of hydrogen-bond donors (Lipinski definition) is 4. The molecule has 208 valence electrons. The fourth-order valence-electron chi connectivity index (χ4n) is 6.46. The summed E-state index contributed by atoms with van der Waals surface area (Å²) in [4.78, 5) is 29.5. The van der Waals surface area contributed by atoms with Gasteiger partial charge in [0, 0.05) is 12.1 Å². The van der Waals surface area contributed by atoms with Gasteiger partial charge in [0.15, 0.2) is 0 Å². The molecule has 1 amide bonds. The monoisotopic (exact) mass is 542 g/mol. The molecular formula is C31H35FN6O2. The van der Waals surface area contributed by atoms with Gasteiger partial charge in [-0.05, 0) is 66.5 Å². The SMILES string of the molecule is CC(C)(C)[C@]1(c2ncc(-c3ccc(-c4ccc(-c5cnc([C@@H]6CCCN6)[nH]5)cc4)cc3F)[nH]2)CCCN1C(=O)O. The van der Waals surface area contributed by atoms with Gasteiger partial charge in [-0.1, -0.05) is 51.1 Å². The number of H-pyrrole nitrogens is 2. The number of imidazole rings is 2. The molecule has 0 bridgehead atoms. The van der Waals surface area contributed by atoms with E-state index in [-0.39, 0.29) is 11.9 Å². The lowest BCUT2D eigenvalue weighted by molar-refractivity contribution is 0.0217. The quantitative estimate of drug-likeness (QED) is 0.224. The number of benzene rings is 2. The van der Waals surface area contributed by atoms with Crippen LogP contribution in [0.1, 0.15) is 64.1 Å². The van der Waals surface area contributed by atoms with Crippen molar-refractivity contribution >= 4 is 6.09 Å². The molecule has 0 aliphatic carbocycles. The molecule has 2 aromatic heterocycles. The van der Waals surface area contributed by atoms with Crippen LogP contribution in [0.25, 0.3) is 33.6 Å². The average molecular weight is 543 g/mol. The van der Waals surface area contributed by atoms with Gasteiger partial charge in [-0.15, -0.1) is 0 Å². The van der Waals surface area contributed by atoms with E-state index in [4.69, 9.17) is 0 Å². The van der Waals surface area contributed by atoms with Crippen LogP contribution in [-0.2, 0) is 5.54 Å². The summed E-state index contributed by atoms with van der Waals surface area (Å²) in [6.45, 7) is 7.54. The molecule has 2 fully saturated rings. The van der Waals surface area contributed by atoms with Crippen LogP contribution >= 0.6 is 0 Å². The molecular weight excluding hydrogens is 507 g/mol. The summed E-state index contributed by atoms with van der Waals surface area (Å²) in [5, 5.41) is 13.4. The van der Waals surface area contributed by atoms with Crippen LogP contribution in [0.15, 0.2) is 54.9 Å². The Morgan fingerprint density at radius 2 is 1.73 bits per heavy atom. The fraction of sp³-hybridized carbons (Fsp3) is 0.387. The zero-order chi connectivity index (χ0) is 28.1. The normalized spacial score (nSPS) is 21.3. The lowest BCUT2D eigenvalue weighted by Crippen LogP contribution is -2.53. The molecule has 2 saturated heterocycles. The third kappa shape index (κ3) is 4.38. The van der Waals surface area contributed by atoms with E-state index in [1.165, 1.54) is 11.0 Å². The van der Waals surface area contributed by atoms with Gasteiger partial charge in [0.25, 0.3) is 0 Å². The maximum absolute atomic E-state index is 15.5. The third-order valence-corrected chi connectivity index (χ3v) is 8.59. The van der Waals surface area contributed by atoms with Crippen molar-refractivity contribution in [3.8, 4) is 33.6 Å². The first kappa shape index (κ1) is 26.3. The molecule has 4 heterocycles. The molecule has 40 heavy (non-hydrogen) atoms. The van der Waals surface area contributed by atoms with Gasteiger partial charge >= 0.3 is 6.09 Å². The number of rotatable bonds is 5. The fourth-order valence-corrected chi connectivity index (χ4v) is 6.46. The number of nitrogens with one attached hydrogen (secondary N) is 3. The number of amides is 1. The summed E-state index contributed by atoms with van der Waals surface area (Å²) in [5.41, 5.74) is 3.38. The highest BCUT2D eigenvalue weighted by Crippen LogP contribution is 2.50. The Labute approximate surface area is 233 Å².